The normalized spacial score (nSPS) is 11.1. The molecule has 0 bridgehead atoms. The van der Waals surface area contributed by atoms with Crippen LogP contribution in [0.25, 0.3) is 0 Å². The predicted octanol–water partition coefficient (Wildman–Crippen LogP) is 3.80. The van der Waals surface area contributed by atoms with E-state index in [1.807, 2.05) is 30.1 Å². The summed E-state index contributed by atoms with van der Waals surface area (Å²) in [5, 5.41) is 3.37. The molecule has 0 amide bonds. The molecule has 0 aliphatic heterocycles. The van der Waals surface area contributed by atoms with Crippen molar-refractivity contribution in [2.45, 2.75) is 26.9 Å². The fourth-order valence-corrected chi connectivity index (χ4v) is 2.34. The molecule has 0 atom stereocenters. The monoisotopic (exact) mass is 290 g/mol. The third-order valence-corrected chi connectivity index (χ3v) is 3.29. The number of furan rings is 1. The summed E-state index contributed by atoms with van der Waals surface area (Å²) in [6, 6.07) is 8.96. The van der Waals surface area contributed by atoms with E-state index in [1.54, 1.807) is 12.3 Å². The van der Waals surface area contributed by atoms with E-state index < -0.39 is 0 Å². The van der Waals surface area contributed by atoms with Gasteiger partial charge in [-0.25, -0.2) is 4.39 Å². The lowest BCUT2D eigenvalue weighted by molar-refractivity contribution is 0.504. The van der Waals surface area contributed by atoms with Gasteiger partial charge in [-0.15, -0.1) is 0 Å². The quantitative estimate of drug-likeness (QED) is 0.840. The summed E-state index contributed by atoms with van der Waals surface area (Å²) >= 11 is 0. The Labute approximate surface area is 125 Å². The van der Waals surface area contributed by atoms with Gasteiger partial charge in [-0.2, -0.15) is 0 Å². The Hall–Kier alpha value is -1.81. The Morgan fingerprint density at radius 3 is 2.71 bits per heavy atom. The van der Waals surface area contributed by atoms with Crippen LogP contribution in [-0.2, 0) is 13.1 Å². The van der Waals surface area contributed by atoms with Crippen molar-refractivity contribution in [1.29, 1.82) is 0 Å². The molecule has 0 saturated heterocycles. The van der Waals surface area contributed by atoms with Crippen molar-refractivity contribution >= 4 is 5.69 Å². The maximum Gasteiger partial charge on any atom is 0.146 e. The van der Waals surface area contributed by atoms with E-state index in [0.717, 1.165) is 17.9 Å². The van der Waals surface area contributed by atoms with E-state index in [1.165, 1.54) is 6.07 Å². The summed E-state index contributed by atoms with van der Waals surface area (Å²) in [5.74, 6) is 1.19. The van der Waals surface area contributed by atoms with Gasteiger partial charge in [0.1, 0.15) is 11.6 Å². The van der Waals surface area contributed by atoms with Gasteiger partial charge in [0.15, 0.2) is 0 Å². The first-order valence-electron chi connectivity index (χ1n) is 7.29. The standard InChI is InChI=1S/C17H23FN2O/c1-13(2)10-19-11-14-6-4-8-16(18)17(14)20(3)12-15-7-5-9-21-15/h4-9,13,19H,10-12H2,1-3H3. The first-order chi connectivity index (χ1) is 10.1. The summed E-state index contributed by atoms with van der Waals surface area (Å²) in [4.78, 5) is 1.89. The maximum atomic E-state index is 14.2. The molecule has 0 unspecified atom stereocenters. The molecule has 0 aliphatic carbocycles. The zero-order chi connectivity index (χ0) is 15.2. The van der Waals surface area contributed by atoms with Crippen molar-refractivity contribution in [3.8, 4) is 0 Å². The van der Waals surface area contributed by atoms with Crippen LogP contribution in [-0.4, -0.2) is 13.6 Å². The van der Waals surface area contributed by atoms with Gasteiger partial charge in [0.25, 0.3) is 0 Å². The first kappa shape index (κ1) is 15.6. The predicted molar refractivity (Wildman–Crippen MR) is 83.8 cm³/mol. The minimum absolute atomic E-state index is 0.201. The van der Waals surface area contributed by atoms with Crippen LogP contribution in [0.2, 0.25) is 0 Å². The first-order valence-corrected chi connectivity index (χ1v) is 7.29. The molecule has 114 valence electrons. The summed E-state index contributed by atoms with van der Waals surface area (Å²) < 4.78 is 19.6. The summed E-state index contributed by atoms with van der Waals surface area (Å²) in [6.45, 7) is 6.43. The smallest absolute Gasteiger partial charge is 0.146 e. The Morgan fingerprint density at radius 2 is 2.05 bits per heavy atom. The number of nitrogens with zero attached hydrogens (tertiary/aromatic N) is 1. The highest BCUT2D eigenvalue weighted by atomic mass is 19.1. The maximum absolute atomic E-state index is 14.2. The SMILES string of the molecule is CC(C)CNCc1cccc(F)c1N(C)Cc1ccco1. The molecule has 3 nitrogen and oxygen atoms in total. The molecule has 21 heavy (non-hydrogen) atoms. The van der Waals surface area contributed by atoms with Crippen molar-refractivity contribution in [3.05, 3.63) is 53.7 Å². The Balaban J connectivity index is 2.12. The largest absolute Gasteiger partial charge is 0.467 e. The van der Waals surface area contributed by atoms with Gasteiger partial charge < -0.3 is 14.6 Å². The van der Waals surface area contributed by atoms with E-state index in [9.17, 15) is 4.39 Å². The molecule has 1 N–H and O–H groups in total. The molecule has 0 saturated carbocycles. The fourth-order valence-electron chi connectivity index (χ4n) is 2.34. The number of benzene rings is 1. The van der Waals surface area contributed by atoms with Gasteiger partial charge >= 0.3 is 0 Å². The van der Waals surface area contributed by atoms with Crippen LogP contribution in [0.3, 0.4) is 0 Å². The average molecular weight is 290 g/mol. The van der Waals surface area contributed by atoms with Gasteiger partial charge in [0, 0.05) is 13.6 Å². The second-order valence-corrected chi connectivity index (χ2v) is 5.71. The molecular formula is C17H23FN2O. The van der Waals surface area contributed by atoms with Gasteiger partial charge in [-0.1, -0.05) is 26.0 Å². The van der Waals surface area contributed by atoms with E-state index in [-0.39, 0.29) is 5.82 Å². The number of hydrogen-bond donors (Lipinski definition) is 1. The number of halogens is 1. The molecule has 0 aliphatic rings. The molecule has 1 heterocycles. The Kier molecular flexibility index (Phi) is 5.39. The minimum Gasteiger partial charge on any atom is -0.467 e. The summed E-state index contributed by atoms with van der Waals surface area (Å²) in [5.41, 5.74) is 1.59. The molecule has 0 fully saturated rings. The van der Waals surface area contributed by atoms with Crippen LogP contribution in [0.1, 0.15) is 25.2 Å². The van der Waals surface area contributed by atoms with Crippen molar-refractivity contribution in [2.24, 2.45) is 5.92 Å². The number of nitrogens with one attached hydrogen (secondary N) is 1. The van der Waals surface area contributed by atoms with E-state index >= 15 is 0 Å². The topological polar surface area (TPSA) is 28.4 Å². The third kappa shape index (κ3) is 4.33. The van der Waals surface area contributed by atoms with Crippen LogP contribution >= 0.6 is 0 Å². The van der Waals surface area contributed by atoms with Crippen LogP contribution in [0, 0.1) is 11.7 Å². The van der Waals surface area contributed by atoms with E-state index in [2.05, 4.69) is 19.2 Å². The lowest BCUT2D eigenvalue weighted by Gasteiger charge is -2.22. The summed E-state index contributed by atoms with van der Waals surface area (Å²) in [7, 11) is 1.88. The van der Waals surface area contributed by atoms with Crippen molar-refractivity contribution in [2.75, 3.05) is 18.5 Å². The molecular weight excluding hydrogens is 267 g/mol. The van der Waals surface area contributed by atoms with Crippen LogP contribution in [0.5, 0.6) is 0 Å². The highest BCUT2D eigenvalue weighted by Gasteiger charge is 2.14. The molecule has 2 aromatic rings. The lowest BCUT2D eigenvalue weighted by atomic mass is 10.1. The highest BCUT2D eigenvalue weighted by molar-refractivity contribution is 5.54. The van der Waals surface area contributed by atoms with Gasteiger partial charge in [-0.3, -0.25) is 0 Å². The van der Waals surface area contributed by atoms with E-state index in [0.29, 0.717) is 24.7 Å². The molecule has 1 aromatic heterocycles. The van der Waals surface area contributed by atoms with Gasteiger partial charge in [0.2, 0.25) is 0 Å². The minimum atomic E-state index is -0.201. The van der Waals surface area contributed by atoms with Crippen molar-refractivity contribution in [1.82, 2.24) is 5.32 Å². The fraction of sp³-hybridized carbons (Fsp3) is 0.412. The summed E-state index contributed by atoms with van der Waals surface area (Å²) in [6.07, 6.45) is 1.63. The zero-order valence-corrected chi connectivity index (χ0v) is 12.9. The van der Waals surface area contributed by atoms with Crippen molar-refractivity contribution in [3.63, 3.8) is 0 Å². The molecule has 4 heteroatoms. The zero-order valence-electron chi connectivity index (χ0n) is 12.9. The Morgan fingerprint density at radius 1 is 1.24 bits per heavy atom. The third-order valence-electron chi connectivity index (χ3n) is 3.29. The molecule has 0 radical (unpaired) electrons. The van der Waals surface area contributed by atoms with Crippen LogP contribution in [0.15, 0.2) is 41.0 Å². The average Bonchev–Trinajstić information content (AvgIpc) is 2.91. The second kappa shape index (κ2) is 7.27. The molecule has 2 rings (SSSR count). The van der Waals surface area contributed by atoms with Crippen molar-refractivity contribution < 1.29 is 8.81 Å². The number of hydrogen-bond acceptors (Lipinski definition) is 3. The lowest BCUT2D eigenvalue weighted by Crippen LogP contribution is -2.23. The number of rotatable bonds is 7. The van der Waals surface area contributed by atoms with Gasteiger partial charge in [0.05, 0.1) is 18.5 Å². The Bertz CT molecular complexity index is 552. The van der Waals surface area contributed by atoms with Gasteiger partial charge in [-0.05, 0) is 36.2 Å². The second-order valence-electron chi connectivity index (χ2n) is 5.71. The van der Waals surface area contributed by atoms with Crippen LogP contribution in [0.4, 0.5) is 10.1 Å². The number of para-hydroxylation sites is 1. The molecule has 1 aromatic carbocycles. The number of anilines is 1. The van der Waals surface area contributed by atoms with Crippen LogP contribution < -0.4 is 10.2 Å². The van der Waals surface area contributed by atoms with E-state index in [4.69, 9.17) is 4.42 Å². The highest BCUT2D eigenvalue weighted by Crippen LogP contribution is 2.25. The molecule has 0 spiro atoms.